The van der Waals surface area contributed by atoms with E-state index in [1.54, 1.807) is 25.1 Å². The number of hydrogen-bond donors (Lipinski definition) is 0. The van der Waals surface area contributed by atoms with Gasteiger partial charge in [-0.15, -0.1) is 0 Å². The minimum absolute atomic E-state index is 0.299. The normalized spacial score (nSPS) is 11.1. The standard InChI is InChI=1S/C20H14FN2O/c1-12-14(16-9-4-5-10-23(16)3)11-17-18(19(12)21)13-7-6-8-15(22-2)20(13)24-17/h4-11H,1,3H3/q+1. The van der Waals surface area contributed by atoms with Crippen molar-refractivity contribution < 1.29 is 13.4 Å². The van der Waals surface area contributed by atoms with Gasteiger partial charge in [0.25, 0.3) is 0 Å². The fraction of sp³-hybridized carbons (Fsp3) is 0.100. The highest BCUT2D eigenvalue weighted by molar-refractivity contribution is 6.10. The molecule has 4 aromatic rings. The minimum atomic E-state index is -0.299. The molecule has 0 saturated heterocycles. The van der Waals surface area contributed by atoms with Crippen molar-refractivity contribution >= 4 is 27.6 Å². The summed E-state index contributed by atoms with van der Waals surface area (Å²) in [5, 5.41) is 1.08. The first-order chi connectivity index (χ1) is 11.6. The van der Waals surface area contributed by atoms with Crippen LogP contribution in [0.3, 0.4) is 0 Å². The third-order valence-corrected chi connectivity index (χ3v) is 4.40. The van der Waals surface area contributed by atoms with Crippen LogP contribution in [-0.4, -0.2) is 0 Å². The number of halogens is 1. The summed E-state index contributed by atoms with van der Waals surface area (Å²) >= 11 is 0. The largest absolute Gasteiger partial charge is 0.467 e. The molecule has 0 amide bonds. The average molecular weight is 317 g/mol. The molecule has 2 heterocycles. The molecule has 0 radical (unpaired) electrons. The van der Waals surface area contributed by atoms with E-state index in [1.165, 1.54) is 0 Å². The Morgan fingerprint density at radius 3 is 2.75 bits per heavy atom. The Morgan fingerprint density at radius 2 is 2.00 bits per heavy atom. The molecule has 0 aliphatic rings. The highest BCUT2D eigenvalue weighted by Gasteiger charge is 2.21. The molecule has 0 saturated carbocycles. The lowest BCUT2D eigenvalue weighted by Gasteiger charge is -2.06. The van der Waals surface area contributed by atoms with Crippen LogP contribution in [0.4, 0.5) is 10.1 Å². The lowest BCUT2D eigenvalue weighted by Crippen LogP contribution is -2.30. The number of aryl methyl sites for hydroxylation is 1. The fourth-order valence-corrected chi connectivity index (χ4v) is 3.15. The van der Waals surface area contributed by atoms with E-state index in [0.29, 0.717) is 33.2 Å². The Hall–Kier alpha value is -3.19. The molecule has 0 spiro atoms. The van der Waals surface area contributed by atoms with E-state index in [4.69, 9.17) is 11.0 Å². The molecule has 24 heavy (non-hydrogen) atoms. The molecule has 2 aromatic carbocycles. The summed E-state index contributed by atoms with van der Waals surface area (Å²) in [4.78, 5) is 3.47. The zero-order valence-corrected chi connectivity index (χ0v) is 13.3. The maximum Gasteiger partial charge on any atom is 0.229 e. The lowest BCUT2D eigenvalue weighted by atomic mass is 10.0. The highest BCUT2D eigenvalue weighted by atomic mass is 19.1. The number of benzene rings is 2. The summed E-state index contributed by atoms with van der Waals surface area (Å²) in [6, 6.07) is 12.9. The molecule has 0 aliphatic heterocycles. The van der Waals surface area contributed by atoms with Gasteiger partial charge in [-0.05, 0) is 24.6 Å². The number of aromatic nitrogens is 1. The van der Waals surface area contributed by atoms with E-state index >= 15 is 4.39 Å². The molecule has 116 valence electrons. The van der Waals surface area contributed by atoms with Gasteiger partial charge in [0.15, 0.2) is 6.20 Å². The topological polar surface area (TPSA) is 21.4 Å². The summed E-state index contributed by atoms with van der Waals surface area (Å²) < 4.78 is 22.9. The molecular formula is C20H14FN2O+. The smallest absolute Gasteiger partial charge is 0.229 e. The van der Waals surface area contributed by atoms with Gasteiger partial charge in [-0.1, -0.05) is 18.2 Å². The predicted molar refractivity (Wildman–Crippen MR) is 91.3 cm³/mol. The molecule has 0 atom stereocenters. The van der Waals surface area contributed by atoms with Crippen molar-refractivity contribution in [2.75, 3.05) is 0 Å². The zero-order valence-electron chi connectivity index (χ0n) is 13.3. The first kappa shape index (κ1) is 14.4. The van der Waals surface area contributed by atoms with Crippen LogP contribution >= 0.6 is 0 Å². The Morgan fingerprint density at radius 1 is 1.17 bits per heavy atom. The summed E-state index contributed by atoms with van der Waals surface area (Å²) in [5.74, 6) is -0.299. The summed E-state index contributed by atoms with van der Waals surface area (Å²) in [7, 11) is 1.92. The molecule has 0 unspecified atom stereocenters. The Kier molecular flexibility index (Phi) is 3.10. The third kappa shape index (κ3) is 1.92. The van der Waals surface area contributed by atoms with Crippen LogP contribution in [0, 0.1) is 19.3 Å². The van der Waals surface area contributed by atoms with Crippen molar-refractivity contribution in [3.05, 3.63) is 71.5 Å². The van der Waals surface area contributed by atoms with Gasteiger partial charge in [0.2, 0.25) is 11.4 Å². The first-order valence-electron chi connectivity index (χ1n) is 7.58. The third-order valence-electron chi connectivity index (χ3n) is 4.40. The number of hydrogen-bond acceptors (Lipinski definition) is 1. The van der Waals surface area contributed by atoms with Crippen LogP contribution in [-0.2, 0) is 7.05 Å². The lowest BCUT2D eigenvalue weighted by molar-refractivity contribution is -0.660. The molecule has 0 fully saturated rings. The number of furan rings is 1. The molecule has 2 aromatic heterocycles. The van der Waals surface area contributed by atoms with E-state index < -0.39 is 0 Å². The summed E-state index contributed by atoms with van der Waals surface area (Å²) in [5.41, 5.74) is 3.56. The second-order valence-electron chi connectivity index (χ2n) is 5.80. The van der Waals surface area contributed by atoms with E-state index in [9.17, 15) is 0 Å². The monoisotopic (exact) mass is 317 g/mol. The van der Waals surface area contributed by atoms with Crippen molar-refractivity contribution in [2.45, 2.75) is 6.92 Å². The van der Waals surface area contributed by atoms with Crippen LogP contribution in [0.15, 0.2) is 53.1 Å². The number of rotatable bonds is 1. The van der Waals surface area contributed by atoms with Crippen LogP contribution in [0.5, 0.6) is 0 Å². The van der Waals surface area contributed by atoms with Gasteiger partial charge in [-0.2, -0.15) is 0 Å². The highest BCUT2D eigenvalue weighted by Crippen LogP contribution is 2.39. The van der Waals surface area contributed by atoms with Crippen LogP contribution in [0.25, 0.3) is 38.0 Å². The maximum atomic E-state index is 15.1. The Labute approximate surface area is 138 Å². The Bertz CT molecular complexity index is 1150. The van der Waals surface area contributed by atoms with Crippen LogP contribution < -0.4 is 4.57 Å². The quantitative estimate of drug-likeness (QED) is 0.354. The van der Waals surface area contributed by atoms with Gasteiger partial charge < -0.3 is 4.42 Å². The average Bonchev–Trinajstić information content (AvgIpc) is 2.97. The van der Waals surface area contributed by atoms with E-state index in [0.717, 1.165) is 11.3 Å². The first-order valence-corrected chi connectivity index (χ1v) is 7.58. The molecule has 4 heteroatoms. The van der Waals surface area contributed by atoms with Gasteiger partial charge >= 0.3 is 0 Å². The molecule has 4 rings (SSSR count). The molecule has 0 N–H and O–H groups in total. The predicted octanol–water partition coefficient (Wildman–Crippen LogP) is 5.08. The van der Waals surface area contributed by atoms with E-state index in [-0.39, 0.29) is 5.82 Å². The molecular weight excluding hydrogens is 303 g/mol. The van der Waals surface area contributed by atoms with Crippen LogP contribution in [0.1, 0.15) is 5.56 Å². The van der Waals surface area contributed by atoms with Crippen molar-refractivity contribution in [3.8, 4) is 11.3 Å². The summed E-state index contributed by atoms with van der Waals surface area (Å²) in [6.45, 7) is 9.04. The number of fused-ring (bicyclic) bond motifs is 3. The van der Waals surface area contributed by atoms with E-state index in [1.807, 2.05) is 42.1 Å². The SMILES string of the molecule is [C-]#[N+]c1cccc2c1oc1cc(-c3cccc[n+]3C)c(C)c(F)c12. The van der Waals surface area contributed by atoms with Crippen molar-refractivity contribution in [1.29, 1.82) is 0 Å². The van der Waals surface area contributed by atoms with Crippen molar-refractivity contribution in [2.24, 2.45) is 7.05 Å². The molecule has 0 aliphatic carbocycles. The number of para-hydroxylation sites is 1. The van der Waals surface area contributed by atoms with Gasteiger partial charge in [0.05, 0.1) is 17.5 Å². The summed E-state index contributed by atoms with van der Waals surface area (Å²) in [6.07, 6.45) is 1.92. The second-order valence-corrected chi connectivity index (χ2v) is 5.80. The van der Waals surface area contributed by atoms with Gasteiger partial charge in [0.1, 0.15) is 24.0 Å². The molecule has 0 bridgehead atoms. The van der Waals surface area contributed by atoms with Crippen molar-refractivity contribution in [3.63, 3.8) is 0 Å². The second kappa shape index (κ2) is 5.17. The fourth-order valence-electron chi connectivity index (χ4n) is 3.15. The molecule has 3 nitrogen and oxygen atoms in total. The van der Waals surface area contributed by atoms with Gasteiger partial charge in [-0.25, -0.2) is 13.8 Å². The van der Waals surface area contributed by atoms with Crippen molar-refractivity contribution in [1.82, 2.24) is 0 Å². The maximum absolute atomic E-state index is 15.1. The minimum Gasteiger partial charge on any atom is -0.467 e. The zero-order chi connectivity index (χ0) is 16.8. The van der Waals surface area contributed by atoms with Crippen LogP contribution in [0.2, 0.25) is 0 Å². The van der Waals surface area contributed by atoms with Gasteiger partial charge in [0, 0.05) is 17.5 Å². The van der Waals surface area contributed by atoms with Gasteiger partial charge in [-0.3, -0.25) is 0 Å². The number of nitrogens with zero attached hydrogens (tertiary/aromatic N) is 2. The van der Waals surface area contributed by atoms with E-state index in [2.05, 4.69) is 4.85 Å². The number of pyridine rings is 1. The Balaban J connectivity index is 2.14.